The molecule has 1 aliphatic carbocycles. The van der Waals surface area contributed by atoms with Crippen molar-refractivity contribution in [3.8, 4) is 11.5 Å². The number of carbonyl (C=O) groups is 1. The average molecular weight is 399 g/mol. The second-order valence-corrected chi connectivity index (χ2v) is 8.06. The van der Waals surface area contributed by atoms with Gasteiger partial charge in [0.1, 0.15) is 11.5 Å². The summed E-state index contributed by atoms with van der Waals surface area (Å²) in [5.74, 6) is 1.99. The van der Waals surface area contributed by atoms with E-state index in [-0.39, 0.29) is 18.1 Å². The molecule has 1 saturated carbocycles. The van der Waals surface area contributed by atoms with E-state index in [9.17, 15) is 4.79 Å². The maximum absolute atomic E-state index is 13.5. The Morgan fingerprint density at radius 3 is 2.76 bits per heavy atom. The molecule has 7 nitrogen and oxygen atoms in total. The van der Waals surface area contributed by atoms with Gasteiger partial charge in [-0.2, -0.15) is 5.10 Å². The van der Waals surface area contributed by atoms with Crippen molar-refractivity contribution in [2.45, 2.75) is 51.9 Å². The molecule has 29 heavy (non-hydrogen) atoms. The number of nitrogens with zero attached hydrogens (tertiary/aromatic N) is 2. The van der Waals surface area contributed by atoms with Crippen LogP contribution in [0.25, 0.3) is 0 Å². The number of hydrogen-bond donors (Lipinski definition) is 1. The Labute approximate surface area is 171 Å². The second-order valence-electron chi connectivity index (χ2n) is 8.06. The minimum absolute atomic E-state index is 0.0337. The van der Waals surface area contributed by atoms with Crippen LogP contribution < -0.4 is 9.47 Å². The topological polar surface area (TPSA) is 76.7 Å². The Bertz CT molecular complexity index is 890. The number of aromatic nitrogens is 2. The molecular weight excluding hydrogens is 370 g/mol. The van der Waals surface area contributed by atoms with E-state index >= 15 is 0 Å². The zero-order valence-electron chi connectivity index (χ0n) is 17.5. The molecule has 7 heteroatoms. The molecule has 2 atom stereocenters. The zero-order valence-corrected chi connectivity index (χ0v) is 17.5. The number of methoxy groups -OCH3 is 2. The third kappa shape index (κ3) is 4.10. The van der Waals surface area contributed by atoms with Crippen LogP contribution in [0.3, 0.4) is 0 Å². The number of aromatic amines is 1. The van der Waals surface area contributed by atoms with Gasteiger partial charge in [0.25, 0.3) is 5.91 Å². The van der Waals surface area contributed by atoms with Gasteiger partial charge in [0.15, 0.2) is 5.69 Å². The van der Waals surface area contributed by atoms with Crippen LogP contribution in [0, 0.1) is 5.92 Å². The first-order valence-corrected chi connectivity index (χ1v) is 10.2. The third-order valence-corrected chi connectivity index (χ3v) is 5.75. The van der Waals surface area contributed by atoms with Gasteiger partial charge in [-0.25, -0.2) is 0 Å². The van der Waals surface area contributed by atoms with E-state index in [1.165, 1.54) is 12.8 Å². The highest BCUT2D eigenvalue weighted by molar-refractivity contribution is 5.94. The minimum atomic E-state index is -0.0821. The van der Waals surface area contributed by atoms with Crippen LogP contribution >= 0.6 is 0 Å². The van der Waals surface area contributed by atoms with Crippen LogP contribution in [-0.2, 0) is 17.7 Å². The summed E-state index contributed by atoms with van der Waals surface area (Å²) in [7, 11) is 3.27. The normalized spacial score (nSPS) is 20.8. The Hall–Kier alpha value is -2.54. The molecule has 1 aromatic carbocycles. The summed E-state index contributed by atoms with van der Waals surface area (Å²) >= 11 is 0. The first kappa shape index (κ1) is 19.8. The van der Waals surface area contributed by atoms with Crippen molar-refractivity contribution in [2.24, 2.45) is 5.92 Å². The molecule has 156 valence electrons. The third-order valence-electron chi connectivity index (χ3n) is 5.75. The van der Waals surface area contributed by atoms with Gasteiger partial charge in [-0.15, -0.1) is 0 Å². The highest BCUT2D eigenvalue weighted by Gasteiger charge is 2.34. The SMILES string of the molecule is COc1ccc(CN(CC2CC2)C(=O)c2n[nH]c3c2C[C@H](C)O[C@@H]3C)c(OC)c1. The first-order valence-electron chi connectivity index (χ1n) is 10.2. The van der Waals surface area contributed by atoms with E-state index in [2.05, 4.69) is 10.2 Å². The smallest absolute Gasteiger partial charge is 0.274 e. The number of carbonyl (C=O) groups excluding carboxylic acids is 1. The second kappa shape index (κ2) is 8.06. The number of benzene rings is 1. The molecule has 2 aromatic rings. The predicted octanol–water partition coefficient (Wildman–Crippen LogP) is 3.50. The molecule has 1 aromatic heterocycles. The first-order chi connectivity index (χ1) is 14.0. The number of fused-ring (bicyclic) bond motifs is 1. The van der Waals surface area contributed by atoms with Crippen molar-refractivity contribution in [1.29, 1.82) is 0 Å². The fourth-order valence-corrected chi connectivity index (χ4v) is 4.02. The summed E-state index contributed by atoms with van der Waals surface area (Å²) in [4.78, 5) is 15.4. The lowest BCUT2D eigenvalue weighted by Crippen LogP contribution is -2.34. The molecule has 1 amide bonds. The van der Waals surface area contributed by atoms with Crippen LogP contribution in [0.4, 0.5) is 0 Å². The molecule has 0 radical (unpaired) electrons. The number of amides is 1. The summed E-state index contributed by atoms with van der Waals surface area (Å²) < 4.78 is 16.7. The molecule has 1 N–H and O–H groups in total. The Balaban J connectivity index is 1.62. The number of H-pyrrole nitrogens is 1. The molecule has 0 bridgehead atoms. The molecule has 2 aliphatic rings. The molecule has 2 heterocycles. The molecular formula is C22H29N3O4. The largest absolute Gasteiger partial charge is 0.497 e. The minimum Gasteiger partial charge on any atom is -0.497 e. The summed E-state index contributed by atoms with van der Waals surface area (Å²) in [5.41, 5.74) is 3.38. The van der Waals surface area contributed by atoms with Crippen molar-refractivity contribution < 1.29 is 19.0 Å². The Kier molecular flexibility index (Phi) is 5.50. The van der Waals surface area contributed by atoms with Crippen LogP contribution in [0.15, 0.2) is 18.2 Å². The van der Waals surface area contributed by atoms with E-state index in [4.69, 9.17) is 14.2 Å². The van der Waals surface area contributed by atoms with Crippen molar-refractivity contribution in [3.63, 3.8) is 0 Å². The van der Waals surface area contributed by atoms with Crippen LogP contribution in [0.2, 0.25) is 0 Å². The Morgan fingerprint density at radius 1 is 1.28 bits per heavy atom. The van der Waals surface area contributed by atoms with Crippen molar-refractivity contribution in [2.75, 3.05) is 20.8 Å². The highest BCUT2D eigenvalue weighted by Crippen LogP contribution is 2.34. The van der Waals surface area contributed by atoms with E-state index in [1.807, 2.05) is 36.9 Å². The molecule has 1 aliphatic heterocycles. The average Bonchev–Trinajstić information content (AvgIpc) is 3.43. The number of nitrogens with one attached hydrogen (secondary N) is 1. The van der Waals surface area contributed by atoms with Crippen molar-refractivity contribution in [1.82, 2.24) is 15.1 Å². The van der Waals surface area contributed by atoms with Gasteiger partial charge < -0.3 is 19.1 Å². The summed E-state index contributed by atoms with van der Waals surface area (Å²) in [6, 6.07) is 5.71. The summed E-state index contributed by atoms with van der Waals surface area (Å²) in [6.45, 7) is 5.24. The van der Waals surface area contributed by atoms with Crippen molar-refractivity contribution >= 4 is 5.91 Å². The van der Waals surface area contributed by atoms with Gasteiger partial charge in [-0.1, -0.05) is 0 Å². The van der Waals surface area contributed by atoms with E-state index < -0.39 is 0 Å². The predicted molar refractivity (Wildman–Crippen MR) is 108 cm³/mol. The summed E-state index contributed by atoms with van der Waals surface area (Å²) in [6.07, 6.45) is 3.02. The fraction of sp³-hybridized carbons (Fsp3) is 0.545. The standard InChI is InChI=1S/C22H29N3O4/c1-13-9-18-20(14(2)29-13)23-24-21(18)22(26)25(11-15-5-6-15)12-16-7-8-17(27-3)10-19(16)28-4/h7-8,10,13-15H,5-6,9,11-12H2,1-4H3,(H,23,24)/t13-,14+/m0/s1. The number of hydrogen-bond acceptors (Lipinski definition) is 5. The molecule has 0 unspecified atom stereocenters. The highest BCUT2D eigenvalue weighted by atomic mass is 16.5. The van der Waals surface area contributed by atoms with Gasteiger partial charge in [-0.3, -0.25) is 9.89 Å². The van der Waals surface area contributed by atoms with E-state index in [1.54, 1.807) is 14.2 Å². The van der Waals surface area contributed by atoms with Crippen molar-refractivity contribution in [3.05, 3.63) is 40.7 Å². The molecule has 0 saturated heterocycles. The number of ether oxygens (including phenoxy) is 3. The lowest BCUT2D eigenvalue weighted by molar-refractivity contribution is -0.00702. The monoisotopic (exact) mass is 399 g/mol. The maximum atomic E-state index is 13.5. The molecule has 1 fully saturated rings. The van der Waals surface area contributed by atoms with Crippen LogP contribution in [0.5, 0.6) is 11.5 Å². The van der Waals surface area contributed by atoms with E-state index in [0.717, 1.165) is 34.9 Å². The van der Waals surface area contributed by atoms with Gasteiger partial charge >= 0.3 is 0 Å². The van der Waals surface area contributed by atoms with Gasteiger partial charge in [0.2, 0.25) is 0 Å². The van der Waals surface area contributed by atoms with E-state index in [0.29, 0.717) is 24.6 Å². The van der Waals surface area contributed by atoms with Gasteiger partial charge in [-0.05, 0) is 44.7 Å². The lowest BCUT2D eigenvalue weighted by Gasteiger charge is -2.27. The number of rotatable bonds is 7. The maximum Gasteiger partial charge on any atom is 0.274 e. The molecule has 4 rings (SSSR count). The zero-order chi connectivity index (χ0) is 20.5. The fourth-order valence-electron chi connectivity index (χ4n) is 4.02. The Morgan fingerprint density at radius 2 is 2.07 bits per heavy atom. The lowest BCUT2D eigenvalue weighted by atomic mass is 9.99. The summed E-state index contributed by atoms with van der Waals surface area (Å²) in [5, 5.41) is 7.43. The van der Waals surface area contributed by atoms with Gasteiger partial charge in [0.05, 0.1) is 32.1 Å². The van der Waals surface area contributed by atoms with Gasteiger partial charge in [0, 0.05) is 36.7 Å². The van der Waals surface area contributed by atoms with Crippen LogP contribution in [0.1, 0.15) is 60.1 Å². The van der Waals surface area contributed by atoms with Crippen LogP contribution in [-0.4, -0.2) is 47.9 Å². The quantitative estimate of drug-likeness (QED) is 0.771. The molecule has 0 spiro atoms.